The number of anilines is 1. The molecular weight excluding hydrogens is 322 g/mol. The zero-order chi connectivity index (χ0) is 16.5. The minimum atomic E-state index is 0.408. The van der Waals surface area contributed by atoms with E-state index in [-0.39, 0.29) is 0 Å². The van der Waals surface area contributed by atoms with Gasteiger partial charge in [0.2, 0.25) is 0 Å². The molecule has 24 heavy (non-hydrogen) atoms. The van der Waals surface area contributed by atoms with E-state index in [0.717, 1.165) is 42.4 Å². The van der Waals surface area contributed by atoms with Crippen LogP contribution >= 0.6 is 11.3 Å². The van der Waals surface area contributed by atoms with Crippen LogP contribution in [0.5, 0.6) is 0 Å². The molecule has 7 nitrogen and oxygen atoms in total. The third kappa shape index (κ3) is 3.11. The number of likely N-dealkylation sites (tertiary alicyclic amines) is 1. The zero-order valence-electron chi connectivity index (χ0n) is 13.9. The molecule has 1 saturated heterocycles. The Labute approximate surface area is 144 Å². The predicted octanol–water partition coefficient (Wildman–Crippen LogP) is 2.44. The first-order chi connectivity index (χ1) is 11.7. The summed E-state index contributed by atoms with van der Waals surface area (Å²) in [5, 5.41) is 4.73. The van der Waals surface area contributed by atoms with Crippen molar-refractivity contribution in [1.82, 2.24) is 29.8 Å². The van der Waals surface area contributed by atoms with Gasteiger partial charge in [-0.2, -0.15) is 0 Å². The largest absolute Gasteiger partial charge is 0.365 e. The second-order valence-corrected chi connectivity index (χ2v) is 7.74. The molecule has 2 N–H and O–H groups in total. The summed E-state index contributed by atoms with van der Waals surface area (Å²) < 4.78 is 0. The number of hydrogen-bond acceptors (Lipinski definition) is 7. The van der Waals surface area contributed by atoms with Crippen LogP contribution in [-0.4, -0.2) is 49.0 Å². The smallest absolute Gasteiger partial charge is 0.182 e. The summed E-state index contributed by atoms with van der Waals surface area (Å²) in [7, 11) is 0. The van der Waals surface area contributed by atoms with Crippen LogP contribution in [0.1, 0.15) is 23.2 Å². The number of aromatic amines is 1. The third-order valence-corrected chi connectivity index (χ3v) is 5.48. The lowest BCUT2D eigenvalue weighted by Crippen LogP contribution is -2.44. The van der Waals surface area contributed by atoms with E-state index in [0.29, 0.717) is 17.6 Å². The minimum absolute atomic E-state index is 0.408. The Morgan fingerprint density at radius 1 is 1.33 bits per heavy atom. The third-order valence-electron chi connectivity index (χ3n) is 4.58. The van der Waals surface area contributed by atoms with E-state index in [1.54, 1.807) is 24.0 Å². The molecular formula is C16H21N7S. The average molecular weight is 343 g/mol. The molecule has 8 heteroatoms. The van der Waals surface area contributed by atoms with Gasteiger partial charge in [-0.1, -0.05) is 6.92 Å². The zero-order valence-corrected chi connectivity index (χ0v) is 14.7. The lowest BCUT2D eigenvalue weighted by atomic mass is 9.93. The summed E-state index contributed by atoms with van der Waals surface area (Å²) >= 11 is 1.79. The number of aromatic nitrogens is 5. The standard InChI is InChI=1S/C16H21N7S/c1-10-6-23(7-12-5-17-11(2)24-12)4-3-13(10)22-16-14-15(19-8-18-14)20-9-21-16/h5,8-10,13H,3-4,6-7H2,1-2H3,(H2,18,19,20,21,22). The van der Waals surface area contributed by atoms with Gasteiger partial charge in [-0.25, -0.2) is 19.9 Å². The fraction of sp³-hybridized carbons (Fsp3) is 0.500. The van der Waals surface area contributed by atoms with E-state index < -0.39 is 0 Å². The van der Waals surface area contributed by atoms with E-state index in [4.69, 9.17) is 0 Å². The maximum atomic E-state index is 4.38. The lowest BCUT2D eigenvalue weighted by molar-refractivity contribution is 0.166. The highest BCUT2D eigenvalue weighted by Crippen LogP contribution is 2.25. The highest BCUT2D eigenvalue weighted by Gasteiger charge is 2.27. The molecule has 3 aromatic heterocycles. The van der Waals surface area contributed by atoms with Gasteiger partial charge in [-0.05, 0) is 19.3 Å². The molecule has 1 aliphatic rings. The van der Waals surface area contributed by atoms with Gasteiger partial charge in [0.25, 0.3) is 0 Å². The number of H-pyrrole nitrogens is 1. The molecule has 4 heterocycles. The molecule has 126 valence electrons. The quantitative estimate of drug-likeness (QED) is 0.757. The molecule has 0 aromatic carbocycles. The van der Waals surface area contributed by atoms with Crippen molar-refractivity contribution in [2.75, 3.05) is 18.4 Å². The fourth-order valence-corrected chi connectivity index (χ4v) is 4.18. The van der Waals surface area contributed by atoms with Crippen LogP contribution in [0.4, 0.5) is 5.82 Å². The Hall–Kier alpha value is -2.06. The Morgan fingerprint density at radius 3 is 3.04 bits per heavy atom. The van der Waals surface area contributed by atoms with Crippen LogP contribution < -0.4 is 5.32 Å². The van der Waals surface area contributed by atoms with Crippen molar-refractivity contribution in [2.45, 2.75) is 32.9 Å². The number of imidazole rings is 1. The van der Waals surface area contributed by atoms with E-state index in [9.17, 15) is 0 Å². The fourth-order valence-electron chi connectivity index (χ4n) is 3.34. The van der Waals surface area contributed by atoms with Crippen LogP contribution in [0.15, 0.2) is 18.9 Å². The van der Waals surface area contributed by atoms with E-state index in [1.807, 2.05) is 6.20 Å². The maximum absolute atomic E-state index is 4.38. The average Bonchev–Trinajstić information content (AvgIpc) is 3.19. The van der Waals surface area contributed by atoms with Gasteiger partial charge >= 0.3 is 0 Å². The number of thiazole rings is 1. The summed E-state index contributed by atoms with van der Waals surface area (Å²) in [6.07, 6.45) is 6.33. The van der Waals surface area contributed by atoms with Crippen molar-refractivity contribution >= 4 is 28.3 Å². The van der Waals surface area contributed by atoms with Gasteiger partial charge in [0.1, 0.15) is 11.8 Å². The molecule has 1 fully saturated rings. The second kappa shape index (κ2) is 6.45. The van der Waals surface area contributed by atoms with E-state index >= 15 is 0 Å². The predicted molar refractivity (Wildman–Crippen MR) is 95.0 cm³/mol. The van der Waals surface area contributed by atoms with Crippen molar-refractivity contribution in [2.24, 2.45) is 5.92 Å². The number of nitrogens with one attached hydrogen (secondary N) is 2. The van der Waals surface area contributed by atoms with E-state index in [2.05, 4.69) is 49.0 Å². The number of fused-ring (bicyclic) bond motifs is 1. The maximum Gasteiger partial charge on any atom is 0.182 e. The van der Waals surface area contributed by atoms with Crippen molar-refractivity contribution in [3.8, 4) is 0 Å². The van der Waals surface area contributed by atoms with Gasteiger partial charge in [0.05, 0.1) is 11.3 Å². The van der Waals surface area contributed by atoms with Crippen LogP contribution in [-0.2, 0) is 6.54 Å². The highest BCUT2D eigenvalue weighted by molar-refractivity contribution is 7.11. The molecule has 0 radical (unpaired) electrons. The lowest BCUT2D eigenvalue weighted by Gasteiger charge is -2.37. The molecule has 0 saturated carbocycles. The van der Waals surface area contributed by atoms with Crippen molar-refractivity contribution in [3.05, 3.63) is 28.7 Å². The van der Waals surface area contributed by atoms with Gasteiger partial charge in [0.15, 0.2) is 11.5 Å². The summed E-state index contributed by atoms with van der Waals surface area (Å²) in [6, 6.07) is 0.408. The SMILES string of the molecule is Cc1ncc(CN2CCC(Nc3ncnc4nc[nH]c34)C(C)C2)s1. The molecule has 1 aliphatic heterocycles. The van der Waals surface area contributed by atoms with Gasteiger partial charge in [-0.3, -0.25) is 4.90 Å². The molecule has 3 aromatic rings. The highest BCUT2D eigenvalue weighted by atomic mass is 32.1. The number of hydrogen-bond donors (Lipinski definition) is 2. The monoisotopic (exact) mass is 343 g/mol. The van der Waals surface area contributed by atoms with Crippen molar-refractivity contribution in [3.63, 3.8) is 0 Å². The van der Waals surface area contributed by atoms with Gasteiger partial charge in [0, 0.05) is 36.8 Å². The van der Waals surface area contributed by atoms with Crippen LogP contribution in [0.25, 0.3) is 11.2 Å². The summed E-state index contributed by atoms with van der Waals surface area (Å²) in [6.45, 7) is 7.51. The Bertz CT molecular complexity index is 827. The minimum Gasteiger partial charge on any atom is -0.365 e. The van der Waals surface area contributed by atoms with Crippen molar-refractivity contribution < 1.29 is 0 Å². The molecule has 2 atom stereocenters. The summed E-state index contributed by atoms with van der Waals surface area (Å²) in [5.74, 6) is 1.39. The molecule has 4 rings (SSSR count). The first-order valence-electron chi connectivity index (χ1n) is 8.23. The van der Waals surface area contributed by atoms with E-state index in [1.165, 1.54) is 4.88 Å². The Kier molecular flexibility index (Phi) is 4.15. The Balaban J connectivity index is 1.41. The Morgan fingerprint density at radius 2 is 2.25 bits per heavy atom. The first kappa shape index (κ1) is 15.5. The normalized spacial score (nSPS) is 22.1. The first-order valence-corrected chi connectivity index (χ1v) is 9.05. The van der Waals surface area contributed by atoms with Gasteiger partial charge < -0.3 is 10.3 Å². The van der Waals surface area contributed by atoms with Gasteiger partial charge in [-0.15, -0.1) is 11.3 Å². The van der Waals surface area contributed by atoms with Crippen LogP contribution in [0.3, 0.4) is 0 Å². The number of aryl methyl sites for hydroxylation is 1. The number of nitrogens with zero attached hydrogens (tertiary/aromatic N) is 5. The topological polar surface area (TPSA) is 82.6 Å². The molecule has 0 amide bonds. The second-order valence-electron chi connectivity index (χ2n) is 6.42. The summed E-state index contributed by atoms with van der Waals surface area (Å²) in [5.41, 5.74) is 1.59. The molecule has 0 bridgehead atoms. The van der Waals surface area contributed by atoms with Crippen molar-refractivity contribution in [1.29, 1.82) is 0 Å². The van der Waals surface area contributed by atoms with Crippen LogP contribution in [0, 0.1) is 12.8 Å². The summed E-state index contributed by atoms with van der Waals surface area (Å²) in [4.78, 5) is 24.1. The molecule has 0 aliphatic carbocycles. The number of piperidine rings is 1. The van der Waals surface area contributed by atoms with Crippen LogP contribution in [0.2, 0.25) is 0 Å². The molecule has 2 unspecified atom stereocenters. The molecule has 0 spiro atoms. The number of rotatable bonds is 4.